The molecule has 0 fully saturated rings. The molecule has 0 saturated heterocycles. The third-order valence-electron chi connectivity index (χ3n) is 9.48. The molecular formula is C44H26OS. The van der Waals surface area contributed by atoms with Crippen LogP contribution in [-0.4, -0.2) is 0 Å². The third kappa shape index (κ3) is 3.74. The van der Waals surface area contributed by atoms with Crippen LogP contribution in [0, 0.1) is 0 Å². The molecule has 2 heteroatoms. The quantitative estimate of drug-likeness (QED) is 0.196. The van der Waals surface area contributed by atoms with E-state index in [-0.39, 0.29) is 0 Å². The molecule has 214 valence electrons. The molecule has 2 aromatic heterocycles. The van der Waals surface area contributed by atoms with Crippen molar-refractivity contribution in [3.63, 3.8) is 0 Å². The maximum atomic E-state index is 6.83. The van der Waals surface area contributed by atoms with E-state index in [1.54, 1.807) is 0 Å². The predicted molar refractivity (Wildman–Crippen MR) is 198 cm³/mol. The monoisotopic (exact) mass is 602 g/mol. The summed E-state index contributed by atoms with van der Waals surface area (Å²) in [5, 5.41) is 9.86. The van der Waals surface area contributed by atoms with Crippen LogP contribution in [0.4, 0.5) is 0 Å². The molecule has 10 rings (SSSR count). The molecule has 0 atom stereocenters. The molecular weight excluding hydrogens is 577 g/mol. The van der Waals surface area contributed by atoms with Crippen LogP contribution in [0.2, 0.25) is 0 Å². The largest absolute Gasteiger partial charge is 0.455 e. The van der Waals surface area contributed by atoms with Crippen LogP contribution in [0.1, 0.15) is 0 Å². The Morgan fingerprint density at radius 2 is 1.00 bits per heavy atom. The van der Waals surface area contributed by atoms with Crippen molar-refractivity contribution in [2.75, 3.05) is 0 Å². The highest BCUT2D eigenvalue weighted by atomic mass is 32.1. The van der Waals surface area contributed by atoms with E-state index < -0.39 is 0 Å². The molecule has 8 aromatic carbocycles. The molecule has 0 amide bonds. The molecule has 0 aliphatic rings. The van der Waals surface area contributed by atoms with Gasteiger partial charge in [-0.25, -0.2) is 0 Å². The molecule has 0 unspecified atom stereocenters. The van der Waals surface area contributed by atoms with E-state index in [0.29, 0.717) is 0 Å². The van der Waals surface area contributed by atoms with Gasteiger partial charge in [-0.2, -0.15) is 0 Å². The van der Waals surface area contributed by atoms with Crippen molar-refractivity contribution in [2.45, 2.75) is 0 Å². The van der Waals surface area contributed by atoms with Gasteiger partial charge in [0.1, 0.15) is 11.2 Å². The first-order valence-corrected chi connectivity index (χ1v) is 16.5. The van der Waals surface area contributed by atoms with Crippen molar-refractivity contribution < 1.29 is 4.42 Å². The van der Waals surface area contributed by atoms with Gasteiger partial charge in [0.05, 0.1) is 0 Å². The standard InChI is InChI=1S/C44H26OS/c1-2-12-31-27(10-1)11-9-17-32(31)28-20-22-29(23-21-28)42-35-15-4-3-14-34(35)41(43-36-16-5-7-18-38(36)45-44(42)43)30-24-25-40-37(26-30)33-13-6-8-19-39(33)46-40/h1-26H. The van der Waals surface area contributed by atoms with Gasteiger partial charge < -0.3 is 4.42 Å². The van der Waals surface area contributed by atoms with Crippen LogP contribution in [0.25, 0.3) is 97.0 Å². The van der Waals surface area contributed by atoms with Gasteiger partial charge in [0.25, 0.3) is 0 Å². The van der Waals surface area contributed by atoms with Gasteiger partial charge in [-0.05, 0) is 68.1 Å². The lowest BCUT2D eigenvalue weighted by Gasteiger charge is -2.15. The van der Waals surface area contributed by atoms with Gasteiger partial charge in [-0.1, -0.05) is 133 Å². The number of thiophene rings is 1. The van der Waals surface area contributed by atoms with Crippen LogP contribution in [0.3, 0.4) is 0 Å². The first-order chi connectivity index (χ1) is 22.8. The molecule has 2 heterocycles. The Bertz CT molecular complexity index is 2790. The molecule has 0 N–H and O–H groups in total. The lowest BCUT2D eigenvalue weighted by molar-refractivity contribution is 0.670. The van der Waals surface area contributed by atoms with Gasteiger partial charge in [0, 0.05) is 42.1 Å². The second-order valence-electron chi connectivity index (χ2n) is 12.0. The third-order valence-corrected chi connectivity index (χ3v) is 10.6. The summed E-state index contributed by atoms with van der Waals surface area (Å²) in [4.78, 5) is 0. The second kappa shape index (κ2) is 9.90. The lowest BCUT2D eigenvalue weighted by Crippen LogP contribution is -1.89. The fourth-order valence-corrected chi connectivity index (χ4v) is 8.49. The van der Waals surface area contributed by atoms with Gasteiger partial charge in [0.15, 0.2) is 0 Å². The Hall–Kier alpha value is -5.70. The second-order valence-corrected chi connectivity index (χ2v) is 13.1. The summed E-state index contributed by atoms with van der Waals surface area (Å²) in [6, 6.07) is 57.1. The number of fused-ring (bicyclic) bond motifs is 8. The zero-order valence-electron chi connectivity index (χ0n) is 24.8. The minimum Gasteiger partial charge on any atom is -0.455 e. The van der Waals surface area contributed by atoms with E-state index >= 15 is 0 Å². The fraction of sp³-hybridized carbons (Fsp3) is 0. The number of furan rings is 1. The van der Waals surface area contributed by atoms with Crippen LogP contribution < -0.4 is 0 Å². The van der Waals surface area contributed by atoms with Crippen molar-refractivity contribution in [3.05, 3.63) is 158 Å². The van der Waals surface area contributed by atoms with Gasteiger partial charge in [-0.15, -0.1) is 11.3 Å². The molecule has 0 aliphatic carbocycles. The molecule has 0 spiro atoms. The zero-order valence-corrected chi connectivity index (χ0v) is 25.6. The summed E-state index contributed by atoms with van der Waals surface area (Å²) in [5.41, 5.74) is 9.01. The average molecular weight is 603 g/mol. The summed E-state index contributed by atoms with van der Waals surface area (Å²) >= 11 is 1.86. The summed E-state index contributed by atoms with van der Waals surface area (Å²) < 4.78 is 9.46. The van der Waals surface area contributed by atoms with Crippen molar-refractivity contribution >= 4 is 75.0 Å². The minimum absolute atomic E-state index is 0.907. The van der Waals surface area contributed by atoms with E-state index in [4.69, 9.17) is 4.42 Å². The van der Waals surface area contributed by atoms with Crippen molar-refractivity contribution in [3.8, 4) is 33.4 Å². The number of benzene rings is 8. The molecule has 46 heavy (non-hydrogen) atoms. The maximum absolute atomic E-state index is 6.83. The lowest BCUT2D eigenvalue weighted by atomic mass is 9.87. The van der Waals surface area contributed by atoms with E-state index in [0.717, 1.165) is 27.7 Å². The molecule has 10 aromatic rings. The highest BCUT2D eigenvalue weighted by Crippen LogP contribution is 2.48. The van der Waals surface area contributed by atoms with E-state index in [2.05, 4.69) is 158 Å². The van der Waals surface area contributed by atoms with Crippen molar-refractivity contribution in [2.24, 2.45) is 0 Å². The average Bonchev–Trinajstić information content (AvgIpc) is 3.69. The predicted octanol–water partition coefficient (Wildman–Crippen LogP) is 13.3. The van der Waals surface area contributed by atoms with E-state index in [9.17, 15) is 0 Å². The summed E-state index contributed by atoms with van der Waals surface area (Å²) in [6.07, 6.45) is 0. The van der Waals surface area contributed by atoms with E-state index in [1.807, 2.05) is 11.3 Å². The van der Waals surface area contributed by atoms with Crippen LogP contribution in [-0.2, 0) is 0 Å². The molecule has 0 radical (unpaired) electrons. The van der Waals surface area contributed by atoms with Crippen LogP contribution in [0.15, 0.2) is 162 Å². The fourth-order valence-electron chi connectivity index (χ4n) is 7.41. The van der Waals surface area contributed by atoms with Gasteiger partial charge in [-0.3, -0.25) is 0 Å². The normalized spacial score (nSPS) is 11.9. The highest BCUT2D eigenvalue weighted by molar-refractivity contribution is 7.25. The van der Waals surface area contributed by atoms with Crippen molar-refractivity contribution in [1.29, 1.82) is 0 Å². The maximum Gasteiger partial charge on any atom is 0.144 e. The van der Waals surface area contributed by atoms with Gasteiger partial charge in [0.2, 0.25) is 0 Å². The number of hydrogen-bond donors (Lipinski definition) is 0. The zero-order chi connectivity index (χ0) is 30.2. The highest BCUT2D eigenvalue weighted by Gasteiger charge is 2.22. The van der Waals surface area contributed by atoms with Crippen molar-refractivity contribution in [1.82, 2.24) is 0 Å². The Morgan fingerprint density at radius 3 is 1.85 bits per heavy atom. The van der Waals surface area contributed by atoms with Crippen LogP contribution >= 0.6 is 11.3 Å². The molecule has 0 bridgehead atoms. The van der Waals surface area contributed by atoms with Gasteiger partial charge >= 0.3 is 0 Å². The topological polar surface area (TPSA) is 13.1 Å². The summed E-state index contributed by atoms with van der Waals surface area (Å²) in [6.45, 7) is 0. The number of hydrogen-bond acceptors (Lipinski definition) is 2. The summed E-state index contributed by atoms with van der Waals surface area (Å²) in [5.74, 6) is 0. The Labute approximate surface area is 269 Å². The first kappa shape index (κ1) is 25.6. The molecule has 0 aliphatic heterocycles. The molecule has 0 saturated carbocycles. The SMILES string of the molecule is c1ccc2c(-c3ccc(-c4c5ccccc5c(-c5ccc6sc7ccccc7c6c5)c5c4oc4ccccc45)cc3)cccc2c1. The smallest absolute Gasteiger partial charge is 0.144 e. The van der Waals surface area contributed by atoms with Crippen LogP contribution in [0.5, 0.6) is 0 Å². The number of para-hydroxylation sites is 1. The molecule has 1 nitrogen and oxygen atoms in total. The Kier molecular flexibility index (Phi) is 5.51. The summed E-state index contributed by atoms with van der Waals surface area (Å²) in [7, 11) is 0. The van der Waals surface area contributed by atoms with E-state index in [1.165, 1.54) is 69.4 Å². The number of rotatable bonds is 3. The first-order valence-electron chi connectivity index (χ1n) is 15.7. The Morgan fingerprint density at radius 1 is 0.391 bits per heavy atom. The minimum atomic E-state index is 0.907. The Balaban J connectivity index is 1.26.